The summed E-state index contributed by atoms with van der Waals surface area (Å²) in [6.45, 7) is 8.69. The van der Waals surface area contributed by atoms with Crippen LogP contribution in [-0.4, -0.2) is 9.97 Å². The topological polar surface area (TPSA) is 25.8 Å². The zero-order valence-corrected chi connectivity index (χ0v) is 8.96. The Morgan fingerprint density at radius 1 is 1.15 bits per heavy atom. The van der Waals surface area contributed by atoms with Crippen LogP contribution in [-0.2, 0) is 6.42 Å². The molecule has 0 saturated heterocycles. The molecule has 0 amide bonds. The van der Waals surface area contributed by atoms with Crippen molar-refractivity contribution in [3.8, 4) is 0 Å². The van der Waals surface area contributed by atoms with Crippen LogP contribution in [0.4, 0.5) is 0 Å². The molecule has 0 aliphatic rings. The predicted molar refractivity (Wildman–Crippen MR) is 54.5 cm³/mol. The van der Waals surface area contributed by atoms with Crippen molar-refractivity contribution in [1.82, 2.24) is 9.97 Å². The van der Waals surface area contributed by atoms with Gasteiger partial charge in [0.15, 0.2) is 0 Å². The Morgan fingerprint density at radius 3 is 2.31 bits per heavy atom. The third-order valence-corrected chi connectivity index (χ3v) is 1.97. The summed E-state index contributed by atoms with van der Waals surface area (Å²) in [5, 5.41) is 0. The normalized spacial score (nSPS) is 11.7. The molecule has 1 rings (SSSR count). The molecule has 0 aliphatic heterocycles. The second kappa shape index (κ2) is 3.86. The van der Waals surface area contributed by atoms with E-state index in [-0.39, 0.29) is 0 Å². The lowest BCUT2D eigenvalue weighted by atomic mass is 9.90. The third-order valence-electron chi connectivity index (χ3n) is 1.97. The van der Waals surface area contributed by atoms with Crippen LogP contribution in [0, 0.1) is 12.3 Å². The summed E-state index contributed by atoms with van der Waals surface area (Å²) in [6, 6.07) is 0. The van der Waals surface area contributed by atoms with Crippen LogP contribution in [0.15, 0.2) is 12.4 Å². The van der Waals surface area contributed by atoms with E-state index < -0.39 is 0 Å². The maximum absolute atomic E-state index is 4.32. The SMILES string of the molecule is Cc1cnc(CCC(C)(C)C)cn1. The first-order valence-corrected chi connectivity index (χ1v) is 4.75. The van der Waals surface area contributed by atoms with Gasteiger partial charge in [0.05, 0.1) is 11.4 Å². The van der Waals surface area contributed by atoms with E-state index in [0.29, 0.717) is 5.41 Å². The summed E-state index contributed by atoms with van der Waals surface area (Å²) in [5.41, 5.74) is 2.46. The van der Waals surface area contributed by atoms with E-state index in [1.165, 1.54) is 0 Å². The Balaban J connectivity index is 2.51. The molecule has 0 spiro atoms. The highest BCUT2D eigenvalue weighted by molar-refractivity contribution is 5.00. The Labute approximate surface area is 80.4 Å². The van der Waals surface area contributed by atoms with Crippen molar-refractivity contribution in [2.24, 2.45) is 5.41 Å². The van der Waals surface area contributed by atoms with Crippen molar-refractivity contribution >= 4 is 0 Å². The van der Waals surface area contributed by atoms with Gasteiger partial charge in [0.2, 0.25) is 0 Å². The lowest BCUT2D eigenvalue weighted by molar-refractivity contribution is 0.376. The molecule has 0 unspecified atom stereocenters. The maximum Gasteiger partial charge on any atom is 0.0587 e. The molecule has 0 radical (unpaired) electrons. The molecular formula is C11H18N2. The summed E-state index contributed by atoms with van der Waals surface area (Å²) in [5.74, 6) is 0. The van der Waals surface area contributed by atoms with E-state index in [1.807, 2.05) is 19.3 Å². The van der Waals surface area contributed by atoms with E-state index >= 15 is 0 Å². The first-order valence-electron chi connectivity index (χ1n) is 4.75. The van der Waals surface area contributed by atoms with Gasteiger partial charge in [-0.2, -0.15) is 0 Å². The van der Waals surface area contributed by atoms with Crippen molar-refractivity contribution in [2.75, 3.05) is 0 Å². The van der Waals surface area contributed by atoms with Crippen molar-refractivity contribution in [3.63, 3.8) is 0 Å². The van der Waals surface area contributed by atoms with Gasteiger partial charge in [0.1, 0.15) is 0 Å². The number of aromatic nitrogens is 2. The van der Waals surface area contributed by atoms with Gasteiger partial charge in [-0.25, -0.2) is 0 Å². The molecule has 1 aromatic heterocycles. The van der Waals surface area contributed by atoms with E-state index in [4.69, 9.17) is 0 Å². The van der Waals surface area contributed by atoms with Crippen LogP contribution in [0.1, 0.15) is 38.6 Å². The van der Waals surface area contributed by atoms with Gasteiger partial charge in [-0.15, -0.1) is 0 Å². The van der Waals surface area contributed by atoms with Crippen molar-refractivity contribution in [1.29, 1.82) is 0 Å². The minimum absolute atomic E-state index is 0.382. The maximum atomic E-state index is 4.32. The van der Waals surface area contributed by atoms with Crippen LogP contribution >= 0.6 is 0 Å². The third kappa shape index (κ3) is 4.02. The van der Waals surface area contributed by atoms with Crippen LogP contribution in [0.5, 0.6) is 0 Å². The smallest absolute Gasteiger partial charge is 0.0587 e. The Bertz CT molecular complexity index is 256. The van der Waals surface area contributed by atoms with Gasteiger partial charge < -0.3 is 0 Å². The van der Waals surface area contributed by atoms with Crippen molar-refractivity contribution in [3.05, 3.63) is 23.8 Å². The van der Waals surface area contributed by atoms with Gasteiger partial charge in [-0.3, -0.25) is 9.97 Å². The molecule has 0 N–H and O–H groups in total. The summed E-state index contributed by atoms with van der Waals surface area (Å²) < 4.78 is 0. The molecule has 1 aromatic rings. The highest BCUT2D eigenvalue weighted by atomic mass is 14.8. The van der Waals surface area contributed by atoms with E-state index in [2.05, 4.69) is 30.7 Å². The predicted octanol–water partition coefficient (Wildman–Crippen LogP) is 2.76. The lowest BCUT2D eigenvalue weighted by Gasteiger charge is -2.16. The summed E-state index contributed by atoms with van der Waals surface area (Å²) in [6.07, 6.45) is 5.89. The highest BCUT2D eigenvalue weighted by Crippen LogP contribution is 2.20. The number of aryl methyl sites for hydroxylation is 2. The summed E-state index contributed by atoms with van der Waals surface area (Å²) >= 11 is 0. The Morgan fingerprint density at radius 2 is 1.85 bits per heavy atom. The minimum Gasteiger partial charge on any atom is -0.258 e. The molecule has 0 aromatic carbocycles. The van der Waals surface area contributed by atoms with Gasteiger partial charge in [-0.1, -0.05) is 20.8 Å². The van der Waals surface area contributed by atoms with E-state index in [0.717, 1.165) is 24.2 Å². The van der Waals surface area contributed by atoms with Crippen LogP contribution in [0.2, 0.25) is 0 Å². The fourth-order valence-electron chi connectivity index (χ4n) is 1.05. The van der Waals surface area contributed by atoms with Crippen LogP contribution < -0.4 is 0 Å². The number of hydrogen-bond donors (Lipinski definition) is 0. The number of rotatable bonds is 2. The summed E-state index contributed by atoms with van der Waals surface area (Å²) in [4.78, 5) is 8.54. The molecule has 0 bridgehead atoms. The molecule has 0 fully saturated rings. The summed E-state index contributed by atoms with van der Waals surface area (Å²) in [7, 11) is 0. The quantitative estimate of drug-likeness (QED) is 0.696. The van der Waals surface area contributed by atoms with Gasteiger partial charge in [-0.05, 0) is 25.2 Å². The standard InChI is InChI=1S/C11H18N2/c1-9-7-13-10(8-12-9)5-6-11(2,3)4/h7-8H,5-6H2,1-4H3. The molecule has 2 nitrogen and oxygen atoms in total. The molecule has 0 atom stereocenters. The van der Waals surface area contributed by atoms with Crippen molar-refractivity contribution < 1.29 is 0 Å². The lowest BCUT2D eigenvalue weighted by Crippen LogP contribution is -2.07. The molecule has 2 heteroatoms. The van der Waals surface area contributed by atoms with Gasteiger partial charge >= 0.3 is 0 Å². The highest BCUT2D eigenvalue weighted by Gasteiger charge is 2.10. The number of hydrogen-bond acceptors (Lipinski definition) is 2. The molecule has 13 heavy (non-hydrogen) atoms. The van der Waals surface area contributed by atoms with Crippen molar-refractivity contribution in [2.45, 2.75) is 40.5 Å². The molecular weight excluding hydrogens is 160 g/mol. The minimum atomic E-state index is 0.382. The fourth-order valence-corrected chi connectivity index (χ4v) is 1.05. The fraction of sp³-hybridized carbons (Fsp3) is 0.636. The first-order chi connectivity index (χ1) is 5.97. The molecule has 72 valence electrons. The Hall–Kier alpha value is -0.920. The second-order valence-electron chi connectivity index (χ2n) is 4.71. The molecule has 0 aliphatic carbocycles. The van der Waals surface area contributed by atoms with Gasteiger partial charge in [0, 0.05) is 12.4 Å². The Kier molecular flexibility index (Phi) is 3.02. The molecule has 0 saturated carbocycles. The second-order valence-corrected chi connectivity index (χ2v) is 4.71. The number of nitrogens with zero attached hydrogens (tertiary/aromatic N) is 2. The van der Waals surface area contributed by atoms with E-state index in [1.54, 1.807) is 0 Å². The van der Waals surface area contributed by atoms with Crippen LogP contribution in [0.25, 0.3) is 0 Å². The average molecular weight is 178 g/mol. The first kappa shape index (κ1) is 10.2. The molecule has 1 heterocycles. The largest absolute Gasteiger partial charge is 0.258 e. The average Bonchev–Trinajstić information content (AvgIpc) is 2.02. The monoisotopic (exact) mass is 178 g/mol. The zero-order valence-electron chi connectivity index (χ0n) is 8.96. The van der Waals surface area contributed by atoms with Gasteiger partial charge in [0.25, 0.3) is 0 Å². The zero-order chi connectivity index (χ0) is 9.90. The van der Waals surface area contributed by atoms with Crippen LogP contribution in [0.3, 0.4) is 0 Å². The van der Waals surface area contributed by atoms with E-state index in [9.17, 15) is 0 Å².